The van der Waals surface area contributed by atoms with E-state index in [-0.39, 0.29) is 19.4 Å². The molecule has 0 aliphatic carbocycles. The zero-order valence-corrected chi connectivity index (χ0v) is 12.4. The minimum atomic E-state index is -0.917. The molecule has 0 saturated carbocycles. The van der Waals surface area contributed by atoms with Gasteiger partial charge in [-0.3, -0.25) is 0 Å². The molecule has 0 radical (unpaired) electrons. The fraction of sp³-hybridized carbons (Fsp3) is 0.500. The van der Waals surface area contributed by atoms with Crippen LogP contribution >= 0.6 is 0 Å². The van der Waals surface area contributed by atoms with E-state index in [4.69, 9.17) is 9.84 Å². The highest BCUT2D eigenvalue weighted by Gasteiger charge is 2.04. The zero-order valence-electron chi connectivity index (χ0n) is 12.6. The molecular formula is C14H22ClNO3. The second-order valence-corrected chi connectivity index (χ2v) is 4.61. The van der Waals surface area contributed by atoms with E-state index in [1.807, 2.05) is 0 Å². The molecule has 1 aromatic carbocycles. The van der Waals surface area contributed by atoms with Crippen LogP contribution in [0.2, 0.25) is 0 Å². The van der Waals surface area contributed by atoms with Gasteiger partial charge in [-0.1, -0.05) is 0 Å². The highest BCUT2D eigenvalue weighted by atomic mass is 35.5. The molecule has 0 saturated heterocycles. The average Bonchev–Trinajstić information content (AvgIpc) is 2.34. The maximum Gasteiger partial charge on any atom is 1.00 e. The third-order valence-corrected chi connectivity index (χ3v) is 2.91. The number of carboxylic acids is 1. The molecule has 1 N–H and O–H groups in total. The van der Waals surface area contributed by atoms with E-state index < -0.39 is 5.97 Å². The summed E-state index contributed by atoms with van der Waals surface area (Å²) in [5, 5.41) is 8.76. The fourth-order valence-electron chi connectivity index (χ4n) is 1.46. The predicted molar refractivity (Wildman–Crippen MR) is 72.4 cm³/mol. The molecule has 0 bridgehead atoms. The van der Waals surface area contributed by atoms with Crippen LogP contribution in [0.5, 0.6) is 5.75 Å². The topological polar surface area (TPSA) is 49.8 Å². The number of carboxylic acid groups (broad SMARTS) is 1. The summed E-state index contributed by atoms with van der Waals surface area (Å²) in [6.07, 6.45) is 0.954. The van der Waals surface area contributed by atoms with Crippen molar-refractivity contribution in [1.29, 1.82) is 0 Å². The van der Waals surface area contributed by atoms with Crippen LogP contribution in [0.15, 0.2) is 24.3 Å². The quantitative estimate of drug-likeness (QED) is 0.694. The van der Waals surface area contributed by atoms with Crippen molar-refractivity contribution in [3.05, 3.63) is 29.8 Å². The summed E-state index contributed by atoms with van der Waals surface area (Å²) in [5.74, 6) is -0.202. The number of rotatable bonds is 7. The molecule has 4 nitrogen and oxygen atoms in total. The summed E-state index contributed by atoms with van der Waals surface area (Å²) in [7, 11) is 2.09. The lowest BCUT2D eigenvalue weighted by molar-refractivity contribution is -0.0000201. The number of benzene rings is 1. The van der Waals surface area contributed by atoms with E-state index in [0.29, 0.717) is 18.4 Å². The first kappa shape index (κ1) is 17.7. The van der Waals surface area contributed by atoms with Gasteiger partial charge >= 0.3 is 7.40 Å². The summed E-state index contributed by atoms with van der Waals surface area (Å²) in [6.45, 7) is 5.95. The van der Waals surface area contributed by atoms with Gasteiger partial charge in [-0.2, -0.15) is 0 Å². The zero-order chi connectivity index (χ0) is 13.5. The van der Waals surface area contributed by atoms with E-state index in [2.05, 4.69) is 25.8 Å². The average molecular weight is 288 g/mol. The molecule has 0 unspecified atom stereocenters. The van der Waals surface area contributed by atoms with Gasteiger partial charge in [0.2, 0.25) is 0 Å². The Morgan fingerprint density at radius 2 is 1.95 bits per heavy atom. The second-order valence-electron chi connectivity index (χ2n) is 4.61. The Hall–Kier alpha value is -1.26. The standard InChI is InChI=1S/C14H21NO3.ClH/c1-11(2)15(3)9-4-10-18-13-7-5-12(6-8-13)14(16)17;/h5-8,11H,4,9-10H2,1-3H3,(H,16,17);1H. The minimum Gasteiger partial charge on any atom is -1.00 e. The summed E-state index contributed by atoms with van der Waals surface area (Å²) in [6, 6.07) is 7.03. The van der Waals surface area contributed by atoms with Crippen molar-refractivity contribution < 1.29 is 28.5 Å². The number of ether oxygens (including phenoxy) is 1. The maximum absolute atomic E-state index is 10.7. The Morgan fingerprint density at radius 1 is 1.37 bits per heavy atom. The second kappa shape index (κ2) is 8.77. The van der Waals surface area contributed by atoms with Gasteiger partial charge in [0.25, 0.3) is 0 Å². The Balaban J connectivity index is 0. The number of hydrogen-bond donors (Lipinski definition) is 1. The van der Waals surface area contributed by atoms with E-state index in [9.17, 15) is 4.79 Å². The number of halogens is 1. The van der Waals surface area contributed by atoms with Gasteiger partial charge < -0.3 is 27.2 Å². The largest absolute Gasteiger partial charge is 1.00 e. The van der Waals surface area contributed by atoms with Crippen molar-refractivity contribution >= 4 is 5.97 Å². The van der Waals surface area contributed by atoms with Crippen LogP contribution in [-0.2, 0) is 0 Å². The summed E-state index contributed by atoms with van der Waals surface area (Å²) < 4.78 is 5.55. The molecule has 0 aliphatic heterocycles. The molecule has 108 valence electrons. The van der Waals surface area contributed by atoms with E-state index in [1.54, 1.807) is 24.3 Å². The SMILES string of the molecule is CC(C)N(C)CCCOc1ccc(C(=O)O)cc1.[Cl-].[H+]. The molecule has 0 atom stereocenters. The maximum atomic E-state index is 10.7. The monoisotopic (exact) mass is 287 g/mol. The van der Waals surface area contributed by atoms with Crippen molar-refractivity contribution in [2.75, 3.05) is 20.2 Å². The minimum absolute atomic E-state index is 0. The van der Waals surface area contributed by atoms with Crippen LogP contribution < -0.4 is 17.1 Å². The van der Waals surface area contributed by atoms with Gasteiger partial charge in [0, 0.05) is 12.6 Å². The molecule has 0 heterocycles. The van der Waals surface area contributed by atoms with Crippen molar-refractivity contribution in [2.24, 2.45) is 0 Å². The molecule has 0 aromatic heterocycles. The Morgan fingerprint density at radius 3 is 2.42 bits per heavy atom. The van der Waals surface area contributed by atoms with Crippen molar-refractivity contribution in [2.45, 2.75) is 26.3 Å². The first-order valence-corrected chi connectivity index (χ1v) is 6.17. The highest BCUT2D eigenvalue weighted by Crippen LogP contribution is 2.12. The Kier molecular flexibility index (Phi) is 8.19. The third kappa shape index (κ3) is 6.45. The van der Waals surface area contributed by atoms with Gasteiger partial charge in [0.15, 0.2) is 0 Å². The number of aromatic carboxylic acids is 1. The molecule has 5 heteroatoms. The van der Waals surface area contributed by atoms with Gasteiger partial charge in [-0.05, 0) is 51.6 Å². The van der Waals surface area contributed by atoms with Crippen molar-refractivity contribution in [1.82, 2.24) is 4.90 Å². The molecule has 0 aliphatic rings. The van der Waals surface area contributed by atoms with Crippen LogP contribution in [0.3, 0.4) is 0 Å². The van der Waals surface area contributed by atoms with Gasteiger partial charge in [0.05, 0.1) is 12.2 Å². The van der Waals surface area contributed by atoms with Crippen LogP contribution in [0, 0.1) is 0 Å². The lowest BCUT2D eigenvalue weighted by Gasteiger charge is -2.20. The number of carbonyl (C=O) groups is 1. The van der Waals surface area contributed by atoms with Gasteiger partial charge in [0.1, 0.15) is 5.75 Å². The summed E-state index contributed by atoms with van der Waals surface area (Å²) in [5.41, 5.74) is 0.280. The van der Waals surface area contributed by atoms with Crippen molar-refractivity contribution in [3.63, 3.8) is 0 Å². The van der Waals surface area contributed by atoms with E-state index >= 15 is 0 Å². The summed E-state index contributed by atoms with van der Waals surface area (Å²) in [4.78, 5) is 12.9. The molecule has 0 spiro atoms. The lowest BCUT2D eigenvalue weighted by atomic mass is 10.2. The molecular weight excluding hydrogens is 266 g/mol. The molecule has 1 aromatic rings. The lowest BCUT2D eigenvalue weighted by Crippen LogP contribution is -3.00. The normalized spacial score (nSPS) is 10.4. The third-order valence-electron chi connectivity index (χ3n) is 2.91. The Labute approximate surface area is 122 Å². The smallest absolute Gasteiger partial charge is 1.00 e. The first-order chi connectivity index (χ1) is 8.50. The van der Waals surface area contributed by atoms with Crippen LogP contribution in [0.1, 0.15) is 32.1 Å². The first-order valence-electron chi connectivity index (χ1n) is 6.17. The van der Waals surface area contributed by atoms with E-state index in [0.717, 1.165) is 13.0 Å². The predicted octanol–water partition coefficient (Wildman–Crippen LogP) is -0.390. The van der Waals surface area contributed by atoms with Crippen LogP contribution in [-0.4, -0.2) is 42.2 Å². The van der Waals surface area contributed by atoms with E-state index in [1.165, 1.54) is 0 Å². The fourth-order valence-corrected chi connectivity index (χ4v) is 1.46. The van der Waals surface area contributed by atoms with Crippen LogP contribution in [0.25, 0.3) is 0 Å². The van der Waals surface area contributed by atoms with Crippen LogP contribution in [0.4, 0.5) is 0 Å². The molecule has 19 heavy (non-hydrogen) atoms. The van der Waals surface area contributed by atoms with Gasteiger partial charge in [-0.15, -0.1) is 0 Å². The Bertz CT molecular complexity index is 385. The van der Waals surface area contributed by atoms with Gasteiger partial charge in [-0.25, -0.2) is 4.79 Å². The number of nitrogens with zero attached hydrogens (tertiary/aromatic N) is 1. The molecule has 0 amide bonds. The number of hydrogen-bond acceptors (Lipinski definition) is 3. The molecule has 1 rings (SSSR count). The highest BCUT2D eigenvalue weighted by molar-refractivity contribution is 5.87. The van der Waals surface area contributed by atoms with Crippen molar-refractivity contribution in [3.8, 4) is 5.75 Å². The summed E-state index contributed by atoms with van der Waals surface area (Å²) >= 11 is 0. The molecule has 0 fully saturated rings.